The molecule has 2 aromatic rings. The van der Waals surface area contributed by atoms with Crippen molar-refractivity contribution in [2.45, 2.75) is 4.90 Å². The van der Waals surface area contributed by atoms with Crippen molar-refractivity contribution in [3.05, 3.63) is 38.8 Å². The number of nitrogens with zero attached hydrogens (tertiary/aromatic N) is 1. The topological polar surface area (TPSA) is 102 Å². The monoisotopic (exact) mass is 351 g/mol. The second-order valence-corrected chi connectivity index (χ2v) is 6.73. The number of rotatable bonds is 3. The highest BCUT2D eigenvalue weighted by Gasteiger charge is 2.17. The average molecular weight is 352 g/mol. The molecule has 0 fully saturated rings. The Morgan fingerprint density at radius 3 is 2.35 bits per heavy atom. The molecule has 2 rings (SSSR count). The van der Waals surface area contributed by atoms with Crippen LogP contribution in [0.1, 0.15) is 10.5 Å². The van der Waals surface area contributed by atoms with E-state index in [1.165, 1.54) is 16.8 Å². The van der Waals surface area contributed by atoms with Crippen molar-refractivity contribution >= 4 is 56.2 Å². The van der Waals surface area contributed by atoms with Crippen LogP contribution in [0.3, 0.4) is 0 Å². The minimum absolute atomic E-state index is 0.0369. The molecule has 0 aliphatic carbocycles. The summed E-state index contributed by atoms with van der Waals surface area (Å²) in [5, 5.41) is 8.92. The summed E-state index contributed by atoms with van der Waals surface area (Å²) >= 11 is 13.1. The molecular formula is C10H7Cl2N3O3S2. The summed E-state index contributed by atoms with van der Waals surface area (Å²) in [6, 6.07) is 2.22. The molecule has 0 saturated carbocycles. The molecule has 20 heavy (non-hydrogen) atoms. The van der Waals surface area contributed by atoms with Gasteiger partial charge in [0, 0.05) is 5.38 Å². The quantitative estimate of drug-likeness (QED) is 0.885. The van der Waals surface area contributed by atoms with Crippen LogP contribution in [0, 0.1) is 0 Å². The van der Waals surface area contributed by atoms with Crippen LogP contribution in [-0.2, 0) is 10.0 Å². The van der Waals surface area contributed by atoms with E-state index in [0.29, 0.717) is 0 Å². The fraction of sp³-hybridized carbons (Fsp3) is 0. The number of aromatic nitrogens is 1. The Morgan fingerprint density at radius 2 is 1.90 bits per heavy atom. The fourth-order valence-corrected chi connectivity index (χ4v) is 3.14. The number of halogens is 2. The first-order valence-electron chi connectivity index (χ1n) is 5.00. The zero-order chi connectivity index (χ0) is 14.9. The maximum atomic E-state index is 11.8. The number of nitrogens with one attached hydrogen (secondary N) is 1. The molecule has 0 aliphatic rings. The first-order valence-corrected chi connectivity index (χ1v) is 8.25. The van der Waals surface area contributed by atoms with Crippen molar-refractivity contribution < 1.29 is 13.2 Å². The number of primary sulfonamides is 1. The van der Waals surface area contributed by atoms with Gasteiger partial charge in [0.05, 0.1) is 26.1 Å². The Morgan fingerprint density at radius 1 is 1.30 bits per heavy atom. The molecule has 6 nitrogen and oxygen atoms in total. The lowest BCUT2D eigenvalue weighted by Crippen LogP contribution is -2.15. The molecule has 0 radical (unpaired) electrons. The van der Waals surface area contributed by atoms with Crippen LogP contribution in [0.2, 0.25) is 10.0 Å². The molecule has 0 aliphatic heterocycles. The van der Waals surface area contributed by atoms with Crippen LogP contribution in [0.25, 0.3) is 0 Å². The third-order valence-corrected chi connectivity index (χ3v) is 4.32. The Kier molecular flexibility index (Phi) is 4.31. The second-order valence-electron chi connectivity index (χ2n) is 3.63. The molecule has 0 atom stereocenters. The molecule has 1 aromatic carbocycles. The minimum atomic E-state index is -3.93. The SMILES string of the molecule is NS(=O)(=O)c1cc(Cl)c(NC(=O)c2cscn2)c(Cl)c1. The lowest BCUT2D eigenvalue weighted by molar-refractivity contribution is 0.102. The molecule has 0 bridgehead atoms. The highest BCUT2D eigenvalue weighted by molar-refractivity contribution is 7.89. The highest BCUT2D eigenvalue weighted by atomic mass is 35.5. The molecule has 1 heterocycles. The molecule has 3 N–H and O–H groups in total. The highest BCUT2D eigenvalue weighted by Crippen LogP contribution is 2.33. The van der Waals surface area contributed by atoms with Crippen LogP contribution in [0.4, 0.5) is 5.69 Å². The van der Waals surface area contributed by atoms with Crippen molar-refractivity contribution in [1.29, 1.82) is 0 Å². The van der Waals surface area contributed by atoms with Crippen LogP contribution in [0.5, 0.6) is 0 Å². The summed E-state index contributed by atoms with van der Waals surface area (Å²) in [7, 11) is -3.93. The van der Waals surface area contributed by atoms with Gasteiger partial charge in [0.15, 0.2) is 0 Å². The van der Waals surface area contributed by atoms with Crippen molar-refractivity contribution in [3.8, 4) is 0 Å². The molecular weight excluding hydrogens is 345 g/mol. The van der Waals surface area contributed by atoms with E-state index in [1.807, 2.05) is 0 Å². The van der Waals surface area contributed by atoms with Crippen LogP contribution in [0.15, 0.2) is 27.9 Å². The first-order chi connectivity index (χ1) is 9.29. The second kappa shape index (κ2) is 5.66. The number of sulfonamides is 1. The molecule has 0 spiro atoms. The zero-order valence-corrected chi connectivity index (χ0v) is 12.8. The Balaban J connectivity index is 2.37. The van der Waals surface area contributed by atoms with Gasteiger partial charge in [-0.15, -0.1) is 11.3 Å². The Labute approximate surface area is 128 Å². The number of benzene rings is 1. The van der Waals surface area contributed by atoms with Crippen LogP contribution >= 0.6 is 34.5 Å². The van der Waals surface area contributed by atoms with E-state index < -0.39 is 15.9 Å². The normalized spacial score (nSPS) is 11.3. The van der Waals surface area contributed by atoms with Gasteiger partial charge < -0.3 is 5.32 Å². The lowest BCUT2D eigenvalue weighted by atomic mass is 10.3. The van der Waals surface area contributed by atoms with Crippen LogP contribution < -0.4 is 10.5 Å². The third-order valence-electron chi connectivity index (χ3n) is 2.25. The smallest absolute Gasteiger partial charge is 0.275 e. The Bertz CT molecular complexity index is 737. The summed E-state index contributed by atoms with van der Waals surface area (Å²) in [6.07, 6.45) is 0. The molecule has 1 aromatic heterocycles. The number of carbonyl (C=O) groups excluding carboxylic acids is 1. The largest absolute Gasteiger partial charge is 0.318 e. The number of hydrogen-bond donors (Lipinski definition) is 2. The summed E-state index contributed by atoms with van der Waals surface area (Å²) in [4.78, 5) is 15.4. The molecule has 10 heteroatoms. The van der Waals surface area contributed by atoms with Gasteiger partial charge in [-0.25, -0.2) is 18.5 Å². The number of thiazole rings is 1. The molecule has 106 valence electrons. The number of amides is 1. The van der Waals surface area contributed by atoms with Gasteiger partial charge >= 0.3 is 0 Å². The van der Waals surface area contributed by atoms with Gasteiger partial charge in [-0.05, 0) is 12.1 Å². The van der Waals surface area contributed by atoms with E-state index in [0.717, 1.165) is 12.1 Å². The van der Waals surface area contributed by atoms with Gasteiger partial charge in [0.1, 0.15) is 5.69 Å². The molecule has 0 unspecified atom stereocenters. The molecule has 1 amide bonds. The third kappa shape index (κ3) is 3.28. The van der Waals surface area contributed by atoms with Gasteiger partial charge in [-0.3, -0.25) is 4.79 Å². The fourth-order valence-electron chi connectivity index (χ4n) is 1.34. The Hall–Kier alpha value is -1.19. The number of nitrogens with two attached hydrogens (primary N) is 1. The summed E-state index contributed by atoms with van der Waals surface area (Å²) < 4.78 is 22.4. The maximum Gasteiger partial charge on any atom is 0.275 e. The van der Waals surface area contributed by atoms with E-state index in [1.54, 1.807) is 5.38 Å². The van der Waals surface area contributed by atoms with E-state index in [-0.39, 0.29) is 26.3 Å². The van der Waals surface area contributed by atoms with E-state index >= 15 is 0 Å². The summed E-state index contributed by atoms with van der Waals surface area (Å²) in [5.41, 5.74) is 1.80. The standard InChI is InChI=1S/C10H7Cl2N3O3S2/c11-6-1-5(20(13,17)18)2-7(12)9(6)15-10(16)8-3-19-4-14-8/h1-4H,(H,15,16)(H2,13,17,18). The minimum Gasteiger partial charge on any atom is -0.318 e. The van der Waals surface area contributed by atoms with Crippen LogP contribution in [-0.4, -0.2) is 19.3 Å². The molecule has 0 saturated heterocycles. The predicted molar refractivity (Wildman–Crippen MR) is 77.9 cm³/mol. The van der Waals surface area contributed by atoms with Crippen molar-refractivity contribution in [1.82, 2.24) is 4.98 Å². The van der Waals surface area contributed by atoms with Gasteiger partial charge in [0.2, 0.25) is 10.0 Å². The van der Waals surface area contributed by atoms with Gasteiger partial charge in [0.25, 0.3) is 5.91 Å². The zero-order valence-electron chi connectivity index (χ0n) is 9.63. The number of hydrogen-bond acceptors (Lipinski definition) is 5. The first kappa shape index (κ1) is 15.2. The van der Waals surface area contributed by atoms with E-state index in [4.69, 9.17) is 28.3 Å². The van der Waals surface area contributed by atoms with Crippen molar-refractivity contribution in [2.75, 3.05) is 5.32 Å². The lowest BCUT2D eigenvalue weighted by Gasteiger charge is -2.10. The number of anilines is 1. The van der Waals surface area contributed by atoms with Crippen molar-refractivity contribution in [3.63, 3.8) is 0 Å². The average Bonchev–Trinajstić information content (AvgIpc) is 2.85. The number of carbonyl (C=O) groups is 1. The summed E-state index contributed by atoms with van der Waals surface area (Å²) in [5.74, 6) is -0.501. The van der Waals surface area contributed by atoms with Crippen molar-refractivity contribution in [2.24, 2.45) is 5.14 Å². The predicted octanol–water partition coefficient (Wildman–Crippen LogP) is 2.35. The van der Waals surface area contributed by atoms with E-state index in [2.05, 4.69) is 10.3 Å². The van der Waals surface area contributed by atoms with E-state index in [9.17, 15) is 13.2 Å². The van der Waals surface area contributed by atoms with Gasteiger partial charge in [-0.1, -0.05) is 23.2 Å². The maximum absolute atomic E-state index is 11.8. The van der Waals surface area contributed by atoms with Gasteiger partial charge in [-0.2, -0.15) is 0 Å². The summed E-state index contributed by atoms with van der Waals surface area (Å²) in [6.45, 7) is 0.